The average molecular weight is 632 g/mol. The van der Waals surface area contributed by atoms with Crippen LogP contribution >= 0.6 is 0 Å². The Morgan fingerprint density at radius 2 is 1.67 bits per heavy atom. The van der Waals surface area contributed by atoms with Crippen LogP contribution in [0.1, 0.15) is 101 Å². The van der Waals surface area contributed by atoms with Crippen molar-refractivity contribution in [2.45, 2.75) is 95.2 Å². The highest BCUT2D eigenvalue weighted by Crippen LogP contribution is 2.41. The predicted octanol–water partition coefficient (Wildman–Crippen LogP) is 5.83. The summed E-state index contributed by atoms with van der Waals surface area (Å²) in [5.74, 6) is 1.52. The highest BCUT2D eigenvalue weighted by molar-refractivity contribution is 7.90. The Balaban J connectivity index is 1.42. The van der Waals surface area contributed by atoms with Gasteiger partial charge in [-0.05, 0) is 94.7 Å². The van der Waals surface area contributed by atoms with Gasteiger partial charge in [-0.3, -0.25) is 4.79 Å². The van der Waals surface area contributed by atoms with Gasteiger partial charge in [0.25, 0.3) is 15.9 Å². The maximum atomic E-state index is 13.7. The van der Waals surface area contributed by atoms with Crippen molar-refractivity contribution in [2.75, 3.05) is 34.8 Å². The Morgan fingerprint density at radius 1 is 0.911 bits per heavy atom. The summed E-state index contributed by atoms with van der Waals surface area (Å²) >= 11 is 0. The lowest BCUT2D eigenvalue weighted by Crippen LogP contribution is -2.41. The number of piperidine rings is 1. The molecule has 0 aliphatic carbocycles. The predicted molar refractivity (Wildman–Crippen MR) is 177 cm³/mol. The molecule has 240 valence electrons. The van der Waals surface area contributed by atoms with E-state index in [1.165, 1.54) is 25.3 Å². The number of amides is 1. The third kappa shape index (κ3) is 6.64. The Hall–Kier alpha value is -3.73. The number of sulfonamides is 1. The van der Waals surface area contributed by atoms with E-state index in [0.717, 1.165) is 49.6 Å². The zero-order valence-corrected chi connectivity index (χ0v) is 27.8. The Kier molecular flexibility index (Phi) is 8.26. The number of hydrogen-bond donors (Lipinski definition) is 2. The molecule has 0 spiro atoms. The van der Waals surface area contributed by atoms with Crippen LogP contribution in [0.15, 0.2) is 53.6 Å². The molecule has 2 N–H and O–H groups in total. The summed E-state index contributed by atoms with van der Waals surface area (Å²) in [5, 5.41) is 3.28. The van der Waals surface area contributed by atoms with Crippen molar-refractivity contribution < 1.29 is 13.2 Å². The molecule has 1 amide bonds. The molecular weight excluding hydrogens is 586 g/mol. The maximum absolute atomic E-state index is 13.7. The second-order valence-electron chi connectivity index (χ2n) is 14.3. The highest BCUT2D eigenvalue weighted by atomic mass is 32.2. The average Bonchev–Trinajstić information content (AvgIpc) is 3.32. The SMILES string of the molecule is CC(C)(C)c1ccc2c(n1)N1C[C@@H](CC[C@H](c3cccc(N4CCCCC4)n3)Nc3cccc(n3)S(=O)(=O)NC2=O)CC1(C)C. The molecule has 3 aliphatic rings. The minimum absolute atomic E-state index is 0.185. The van der Waals surface area contributed by atoms with E-state index in [4.69, 9.17) is 9.97 Å². The maximum Gasteiger partial charge on any atom is 0.281 e. The van der Waals surface area contributed by atoms with Crippen LogP contribution in [0.2, 0.25) is 0 Å². The summed E-state index contributed by atoms with van der Waals surface area (Å²) in [6, 6.07) is 14.3. The molecule has 11 heteroatoms. The molecule has 45 heavy (non-hydrogen) atoms. The van der Waals surface area contributed by atoms with Crippen LogP contribution in [0.4, 0.5) is 17.5 Å². The van der Waals surface area contributed by atoms with Gasteiger partial charge in [0.1, 0.15) is 17.5 Å². The summed E-state index contributed by atoms with van der Waals surface area (Å²) in [4.78, 5) is 32.8. The van der Waals surface area contributed by atoms with Crippen molar-refractivity contribution in [3.8, 4) is 0 Å². The molecule has 0 aromatic carbocycles. The number of hydrogen-bond acceptors (Lipinski definition) is 9. The van der Waals surface area contributed by atoms with E-state index in [2.05, 4.69) is 71.6 Å². The van der Waals surface area contributed by atoms with Crippen molar-refractivity contribution in [1.82, 2.24) is 19.7 Å². The summed E-state index contributed by atoms with van der Waals surface area (Å²) in [6.45, 7) is 13.3. The first-order valence-electron chi connectivity index (χ1n) is 16.1. The number of aromatic nitrogens is 3. The van der Waals surface area contributed by atoms with Gasteiger partial charge in [0, 0.05) is 36.3 Å². The molecule has 6 rings (SSSR count). The van der Waals surface area contributed by atoms with Gasteiger partial charge >= 0.3 is 0 Å². The number of nitrogens with one attached hydrogen (secondary N) is 2. The van der Waals surface area contributed by atoms with Gasteiger partial charge in [0.2, 0.25) is 0 Å². The fraction of sp³-hybridized carbons (Fsp3) is 0.529. The molecule has 0 unspecified atom stereocenters. The summed E-state index contributed by atoms with van der Waals surface area (Å²) in [7, 11) is -4.27. The number of fused-ring (bicyclic) bond motifs is 6. The van der Waals surface area contributed by atoms with Crippen LogP contribution in [0.5, 0.6) is 0 Å². The van der Waals surface area contributed by atoms with Gasteiger partial charge < -0.3 is 15.1 Å². The van der Waals surface area contributed by atoms with Crippen LogP contribution in [0, 0.1) is 5.92 Å². The molecule has 0 radical (unpaired) electrons. The van der Waals surface area contributed by atoms with Crippen molar-refractivity contribution in [3.63, 3.8) is 0 Å². The normalized spacial score (nSPS) is 23.3. The van der Waals surface area contributed by atoms with Gasteiger partial charge in [-0.25, -0.2) is 19.7 Å². The van der Waals surface area contributed by atoms with Gasteiger partial charge in [-0.1, -0.05) is 32.9 Å². The molecule has 6 heterocycles. The van der Waals surface area contributed by atoms with E-state index >= 15 is 0 Å². The molecule has 3 aromatic heterocycles. The molecule has 3 aromatic rings. The summed E-state index contributed by atoms with van der Waals surface area (Å²) in [5.41, 5.74) is 1.44. The molecular formula is C34H45N7O3S. The van der Waals surface area contributed by atoms with Gasteiger partial charge in [0.05, 0.1) is 17.3 Å². The Morgan fingerprint density at radius 3 is 2.42 bits per heavy atom. The van der Waals surface area contributed by atoms with E-state index in [0.29, 0.717) is 24.1 Å². The number of rotatable bonds is 2. The number of carbonyl (C=O) groups is 1. The van der Waals surface area contributed by atoms with Crippen molar-refractivity contribution in [1.29, 1.82) is 0 Å². The highest BCUT2D eigenvalue weighted by Gasteiger charge is 2.41. The zero-order valence-electron chi connectivity index (χ0n) is 27.0. The standard InChI is InChI=1S/C34H45N7O3S/c1-33(2,3)27-18-16-24-31(37-27)41-22-23(21-34(41,4)5)15-17-26(25-11-9-13-29(36-25)40-19-7-6-8-20-40)35-28-12-10-14-30(38-28)45(43,44)39-32(24)42/h9-14,16,18,23,26H,6-8,15,17,19-22H2,1-5H3,(H,35,38)(H,39,42)/t23-,26+/m0/s1. The second-order valence-corrected chi connectivity index (χ2v) is 16.0. The molecule has 3 aliphatic heterocycles. The van der Waals surface area contributed by atoms with Crippen LogP contribution in [-0.2, 0) is 15.4 Å². The minimum Gasteiger partial charge on any atom is -0.362 e. The third-order valence-electron chi connectivity index (χ3n) is 9.31. The molecule has 4 bridgehead atoms. The van der Waals surface area contributed by atoms with E-state index in [9.17, 15) is 13.2 Å². The molecule has 2 atom stereocenters. The van der Waals surface area contributed by atoms with Gasteiger partial charge in [-0.15, -0.1) is 0 Å². The molecule has 2 fully saturated rings. The number of nitrogens with zero attached hydrogens (tertiary/aromatic N) is 5. The first-order valence-corrected chi connectivity index (χ1v) is 17.6. The zero-order chi connectivity index (χ0) is 32.0. The monoisotopic (exact) mass is 631 g/mol. The minimum atomic E-state index is -4.27. The van der Waals surface area contributed by atoms with Crippen LogP contribution in [0.3, 0.4) is 0 Å². The Labute approximate surface area is 267 Å². The largest absolute Gasteiger partial charge is 0.362 e. The lowest BCUT2D eigenvalue weighted by molar-refractivity contribution is 0.0981. The molecule has 2 saturated heterocycles. The fourth-order valence-corrected chi connectivity index (χ4v) is 7.82. The topological polar surface area (TPSA) is 120 Å². The second kappa shape index (κ2) is 11.9. The number of anilines is 3. The van der Waals surface area contributed by atoms with E-state index in [1.807, 2.05) is 12.1 Å². The molecule has 10 nitrogen and oxygen atoms in total. The van der Waals surface area contributed by atoms with Crippen molar-refractivity contribution in [3.05, 3.63) is 65.5 Å². The third-order valence-corrected chi connectivity index (χ3v) is 10.5. The van der Waals surface area contributed by atoms with Gasteiger partial charge in [-0.2, -0.15) is 8.42 Å². The smallest absolute Gasteiger partial charge is 0.281 e. The number of pyridine rings is 3. The molecule has 0 saturated carbocycles. The van der Waals surface area contributed by atoms with Gasteiger partial charge in [0.15, 0.2) is 5.03 Å². The first kappa shape index (κ1) is 31.3. The lowest BCUT2D eigenvalue weighted by atomic mass is 9.90. The summed E-state index contributed by atoms with van der Waals surface area (Å²) in [6.07, 6.45) is 6.18. The van der Waals surface area contributed by atoms with E-state index in [-0.39, 0.29) is 27.6 Å². The lowest BCUT2D eigenvalue weighted by Gasteiger charge is -2.34. The first-order chi connectivity index (χ1) is 21.3. The fourth-order valence-electron chi connectivity index (χ4n) is 6.88. The Bertz CT molecular complexity index is 1680. The van der Waals surface area contributed by atoms with Crippen LogP contribution < -0.4 is 19.8 Å². The van der Waals surface area contributed by atoms with E-state index < -0.39 is 15.9 Å². The quantitative estimate of drug-likeness (QED) is 0.360. The van der Waals surface area contributed by atoms with Crippen LogP contribution in [0.25, 0.3) is 0 Å². The van der Waals surface area contributed by atoms with Crippen molar-refractivity contribution in [2.24, 2.45) is 5.92 Å². The number of carbonyl (C=O) groups excluding carboxylic acids is 1. The van der Waals surface area contributed by atoms with Crippen LogP contribution in [-0.4, -0.2) is 54.5 Å². The van der Waals surface area contributed by atoms with Crippen molar-refractivity contribution >= 4 is 33.4 Å². The van der Waals surface area contributed by atoms with E-state index in [1.54, 1.807) is 18.2 Å². The summed E-state index contributed by atoms with van der Waals surface area (Å²) < 4.78 is 29.3.